The smallest absolute Gasteiger partial charge is 0.236 e. The minimum Gasteiger partial charge on any atom is -0.396 e. The van der Waals surface area contributed by atoms with E-state index in [0.29, 0.717) is 13.1 Å². The van der Waals surface area contributed by atoms with Crippen LogP contribution in [-0.4, -0.2) is 54.1 Å². The number of aryl methyl sites for hydroxylation is 1. The van der Waals surface area contributed by atoms with Crippen LogP contribution >= 0.6 is 0 Å². The Balaban J connectivity index is 1.84. The summed E-state index contributed by atoms with van der Waals surface area (Å²) in [6.45, 7) is 7.43. The maximum atomic E-state index is 12.5. The van der Waals surface area contributed by atoms with Gasteiger partial charge in [0.25, 0.3) is 0 Å². The maximum Gasteiger partial charge on any atom is 0.236 e. The predicted molar refractivity (Wildman–Crippen MR) is 93.1 cm³/mol. The second-order valence-electron chi connectivity index (χ2n) is 6.96. The minimum absolute atomic E-state index is 0.0760. The Morgan fingerprint density at radius 1 is 1.30 bits per heavy atom. The maximum absolute atomic E-state index is 12.5. The molecule has 0 spiro atoms. The molecule has 128 valence electrons. The summed E-state index contributed by atoms with van der Waals surface area (Å²) in [4.78, 5) is 16.5. The molecule has 2 rings (SSSR count). The van der Waals surface area contributed by atoms with E-state index in [0.717, 1.165) is 32.4 Å². The van der Waals surface area contributed by atoms with Gasteiger partial charge in [-0.3, -0.25) is 9.69 Å². The molecule has 0 bridgehead atoms. The van der Waals surface area contributed by atoms with Crippen molar-refractivity contribution in [2.45, 2.75) is 39.7 Å². The fraction of sp³-hybridized carbons (Fsp3) is 0.632. The van der Waals surface area contributed by atoms with Crippen molar-refractivity contribution < 1.29 is 9.90 Å². The molecule has 0 radical (unpaired) electrons. The van der Waals surface area contributed by atoms with Crippen molar-refractivity contribution in [3.05, 3.63) is 35.4 Å². The number of carbonyl (C=O) groups excluding carboxylic acids is 1. The zero-order valence-electron chi connectivity index (χ0n) is 14.7. The lowest BCUT2D eigenvalue weighted by molar-refractivity contribution is -0.132. The number of rotatable bonds is 6. The van der Waals surface area contributed by atoms with Gasteiger partial charge >= 0.3 is 0 Å². The number of piperidine rings is 1. The summed E-state index contributed by atoms with van der Waals surface area (Å²) in [7, 11) is 1.88. The highest BCUT2D eigenvalue weighted by atomic mass is 16.3. The molecular formula is C19H30N2O2. The highest BCUT2D eigenvalue weighted by Crippen LogP contribution is 2.34. The molecule has 0 unspecified atom stereocenters. The number of hydrogen-bond acceptors (Lipinski definition) is 3. The van der Waals surface area contributed by atoms with E-state index >= 15 is 0 Å². The number of likely N-dealkylation sites (tertiary alicyclic amines) is 1. The van der Waals surface area contributed by atoms with Gasteiger partial charge in [0.15, 0.2) is 0 Å². The normalized spacial score (nSPS) is 17.9. The van der Waals surface area contributed by atoms with Gasteiger partial charge in [-0.1, -0.05) is 31.2 Å². The van der Waals surface area contributed by atoms with Gasteiger partial charge in [0, 0.05) is 20.2 Å². The van der Waals surface area contributed by atoms with E-state index < -0.39 is 0 Å². The third-order valence-electron chi connectivity index (χ3n) is 5.46. The first-order chi connectivity index (χ1) is 11.0. The third-order valence-corrected chi connectivity index (χ3v) is 5.46. The number of hydrogen-bond donors (Lipinski definition) is 1. The Hall–Kier alpha value is -1.39. The zero-order chi connectivity index (χ0) is 16.9. The molecule has 1 amide bonds. The summed E-state index contributed by atoms with van der Waals surface area (Å²) < 4.78 is 0. The number of carbonyl (C=O) groups is 1. The predicted octanol–water partition coefficient (Wildman–Crippen LogP) is 2.44. The molecule has 0 aliphatic carbocycles. The van der Waals surface area contributed by atoms with Crippen LogP contribution in [0.4, 0.5) is 0 Å². The second-order valence-corrected chi connectivity index (χ2v) is 6.96. The molecule has 1 heterocycles. The average molecular weight is 318 g/mol. The summed E-state index contributed by atoms with van der Waals surface area (Å²) in [6, 6.07) is 8.20. The van der Waals surface area contributed by atoms with Crippen LogP contribution in [0.2, 0.25) is 0 Å². The van der Waals surface area contributed by atoms with E-state index in [1.165, 1.54) is 11.1 Å². The highest BCUT2D eigenvalue weighted by molar-refractivity contribution is 5.78. The monoisotopic (exact) mass is 318 g/mol. The van der Waals surface area contributed by atoms with E-state index in [2.05, 4.69) is 30.9 Å². The molecule has 0 saturated carbocycles. The zero-order valence-corrected chi connectivity index (χ0v) is 14.7. The number of aliphatic hydroxyl groups is 1. The van der Waals surface area contributed by atoms with Crippen LogP contribution in [0, 0.1) is 12.3 Å². The van der Waals surface area contributed by atoms with E-state index in [9.17, 15) is 9.90 Å². The summed E-state index contributed by atoms with van der Waals surface area (Å²) in [6.07, 6.45) is 2.97. The van der Waals surface area contributed by atoms with Crippen LogP contribution in [0.5, 0.6) is 0 Å². The van der Waals surface area contributed by atoms with Crippen molar-refractivity contribution in [1.82, 2.24) is 9.80 Å². The van der Waals surface area contributed by atoms with Gasteiger partial charge in [0.2, 0.25) is 5.91 Å². The molecule has 1 aromatic rings. The lowest BCUT2D eigenvalue weighted by Gasteiger charge is -2.40. The number of nitrogens with zero attached hydrogens (tertiary/aromatic N) is 2. The van der Waals surface area contributed by atoms with E-state index in [4.69, 9.17) is 0 Å². The van der Waals surface area contributed by atoms with Crippen LogP contribution in [-0.2, 0) is 11.3 Å². The quantitative estimate of drug-likeness (QED) is 0.876. The summed E-state index contributed by atoms with van der Waals surface area (Å²) in [5.74, 6) is 0.168. The first kappa shape index (κ1) is 18.0. The Labute approximate surface area is 140 Å². The Bertz CT molecular complexity index is 516. The molecule has 1 N–H and O–H groups in total. The molecule has 1 aliphatic heterocycles. The topological polar surface area (TPSA) is 43.8 Å². The van der Waals surface area contributed by atoms with Gasteiger partial charge in [-0.15, -0.1) is 0 Å². The first-order valence-electron chi connectivity index (χ1n) is 8.61. The van der Waals surface area contributed by atoms with Crippen LogP contribution in [0.1, 0.15) is 37.3 Å². The number of aliphatic hydroxyl groups excluding tert-OH is 1. The summed E-state index contributed by atoms with van der Waals surface area (Å²) >= 11 is 0. The Kier molecular flexibility index (Phi) is 6.19. The van der Waals surface area contributed by atoms with Crippen LogP contribution in [0.3, 0.4) is 0 Å². The SMILES string of the molecule is CCC1(CO)CCN(CC(=O)N(C)Cc2ccccc2C)CC1. The lowest BCUT2D eigenvalue weighted by atomic mass is 9.77. The number of likely N-dealkylation sites (N-methyl/N-ethyl adjacent to an activating group) is 1. The Morgan fingerprint density at radius 3 is 2.52 bits per heavy atom. The lowest BCUT2D eigenvalue weighted by Crippen LogP contribution is -2.46. The van der Waals surface area contributed by atoms with Crippen molar-refractivity contribution >= 4 is 5.91 Å². The molecule has 1 saturated heterocycles. The molecule has 0 atom stereocenters. The van der Waals surface area contributed by atoms with E-state index in [1.54, 1.807) is 0 Å². The van der Waals surface area contributed by atoms with Crippen LogP contribution in [0.25, 0.3) is 0 Å². The summed E-state index contributed by atoms with van der Waals surface area (Å²) in [5, 5.41) is 9.59. The molecule has 0 aromatic heterocycles. The van der Waals surface area contributed by atoms with Gasteiger partial charge in [0.05, 0.1) is 6.54 Å². The highest BCUT2D eigenvalue weighted by Gasteiger charge is 2.32. The largest absolute Gasteiger partial charge is 0.396 e. The average Bonchev–Trinajstić information content (AvgIpc) is 2.58. The molecule has 1 aliphatic rings. The molecular weight excluding hydrogens is 288 g/mol. The van der Waals surface area contributed by atoms with Crippen LogP contribution < -0.4 is 0 Å². The Morgan fingerprint density at radius 2 is 1.96 bits per heavy atom. The fourth-order valence-electron chi connectivity index (χ4n) is 3.25. The molecule has 23 heavy (non-hydrogen) atoms. The van der Waals surface area contributed by atoms with Gasteiger partial charge in [-0.2, -0.15) is 0 Å². The number of amides is 1. The van der Waals surface area contributed by atoms with Crippen molar-refractivity contribution in [3.63, 3.8) is 0 Å². The molecule has 1 aromatic carbocycles. The van der Waals surface area contributed by atoms with Crippen molar-refractivity contribution in [3.8, 4) is 0 Å². The summed E-state index contributed by atoms with van der Waals surface area (Å²) in [5.41, 5.74) is 2.50. The van der Waals surface area contributed by atoms with Crippen molar-refractivity contribution in [1.29, 1.82) is 0 Å². The molecule has 4 heteroatoms. The van der Waals surface area contributed by atoms with Crippen LogP contribution in [0.15, 0.2) is 24.3 Å². The standard InChI is InChI=1S/C19H30N2O2/c1-4-19(15-22)9-11-21(12-10-19)14-18(23)20(3)13-17-8-6-5-7-16(17)2/h5-8,22H,4,9-15H2,1-3H3. The second kappa shape index (κ2) is 7.93. The molecule has 4 nitrogen and oxygen atoms in total. The third kappa shape index (κ3) is 4.55. The van der Waals surface area contributed by atoms with E-state index in [1.807, 2.05) is 24.1 Å². The van der Waals surface area contributed by atoms with Crippen molar-refractivity contribution in [2.75, 3.05) is 33.3 Å². The van der Waals surface area contributed by atoms with E-state index in [-0.39, 0.29) is 17.9 Å². The number of benzene rings is 1. The van der Waals surface area contributed by atoms with Crippen molar-refractivity contribution in [2.24, 2.45) is 5.41 Å². The van der Waals surface area contributed by atoms with Gasteiger partial charge in [0.1, 0.15) is 0 Å². The minimum atomic E-state index is 0.0760. The van der Waals surface area contributed by atoms with Gasteiger partial charge in [-0.25, -0.2) is 0 Å². The first-order valence-corrected chi connectivity index (χ1v) is 8.61. The molecule has 1 fully saturated rings. The van der Waals surface area contributed by atoms with Gasteiger partial charge in [-0.05, 0) is 55.8 Å². The fourth-order valence-corrected chi connectivity index (χ4v) is 3.25. The van der Waals surface area contributed by atoms with Gasteiger partial charge < -0.3 is 10.0 Å².